The first-order valence-electron chi connectivity index (χ1n) is 8.23. The van der Waals surface area contributed by atoms with Crippen LogP contribution in [0, 0.1) is 0 Å². The molecular formula is C19H21N5O2. The van der Waals surface area contributed by atoms with Gasteiger partial charge in [0.25, 0.3) is 5.91 Å². The summed E-state index contributed by atoms with van der Waals surface area (Å²) in [6.45, 7) is 0.705. The first kappa shape index (κ1) is 17.6. The van der Waals surface area contributed by atoms with Crippen molar-refractivity contribution in [3.63, 3.8) is 0 Å². The molecule has 1 heterocycles. The summed E-state index contributed by atoms with van der Waals surface area (Å²) in [5.41, 5.74) is 7.79. The van der Waals surface area contributed by atoms with Crippen molar-refractivity contribution in [3.8, 4) is 0 Å². The van der Waals surface area contributed by atoms with E-state index in [1.807, 2.05) is 47.8 Å². The highest BCUT2D eigenvalue weighted by Crippen LogP contribution is 2.18. The van der Waals surface area contributed by atoms with Crippen molar-refractivity contribution in [1.29, 1.82) is 0 Å². The second-order valence-electron chi connectivity index (χ2n) is 6.30. The average molecular weight is 351 g/mol. The Morgan fingerprint density at radius 3 is 2.54 bits per heavy atom. The van der Waals surface area contributed by atoms with Crippen molar-refractivity contribution < 1.29 is 9.59 Å². The van der Waals surface area contributed by atoms with E-state index in [9.17, 15) is 9.59 Å². The van der Waals surface area contributed by atoms with Crippen molar-refractivity contribution in [3.05, 3.63) is 59.9 Å². The molecular weight excluding hydrogens is 330 g/mol. The highest BCUT2D eigenvalue weighted by atomic mass is 16.2. The van der Waals surface area contributed by atoms with Crippen LogP contribution in [0.1, 0.15) is 16.2 Å². The van der Waals surface area contributed by atoms with E-state index < -0.39 is 5.91 Å². The molecule has 3 aromatic rings. The van der Waals surface area contributed by atoms with Crippen molar-refractivity contribution in [2.24, 2.45) is 5.73 Å². The monoisotopic (exact) mass is 351 g/mol. The van der Waals surface area contributed by atoms with E-state index >= 15 is 0 Å². The molecule has 0 spiro atoms. The van der Waals surface area contributed by atoms with Gasteiger partial charge < -0.3 is 20.5 Å². The molecule has 0 atom stereocenters. The molecule has 0 bridgehead atoms. The zero-order valence-corrected chi connectivity index (χ0v) is 14.8. The molecule has 3 rings (SSSR count). The molecule has 0 unspecified atom stereocenters. The van der Waals surface area contributed by atoms with Crippen LogP contribution in [0.2, 0.25) is 0 Å². The number of rotatable bonds is 6. The van der Waals surface area contributed by atoms with Gasteiger partial charge in [-0.15, -0.1) is 0 Å². The van der Waals surface area contributed by atoms with Gasteiger partial charge in [-0.25, -0.2) is 4.98 Å². The minimum absolute atomic E-state index is 0.0940. The first-order valence-corrected chi connectivity index (χ1v) is 8.23. The summed E-state index contributed by atoms with van der Waals surface area (Å²) in [7, 11) is 3.90. The van der Waals surface area contributed by atoms with Crippen LogP contribution in [-0.2, 0) is 17.9 Å². The molecule has 0 saturated carbocycles. The number of nitrogens with zero attached hydrogens (tertiary/aromatic N) is 3. The maximum Gasteiger partial charge on any atom is 0.250 e. The number of nitrogens with two attached hydrogens (primary N) is 1. The lowest BCUT2D eigenvalue weighted by molar-refractivity contribution is -0.116. The summed E-state index contributed by atoms with van der Waals surface area (Å²) >= 11 is 0. The Bertz CT molecular complexity index is 961. The minimum Gasteiger partial charge on any atom is -0.366 e. The summed E-state index contributed by atoms with van der Waals surface area (Å²) in [5.74, 6) is -0.0290. The predicted octanol–water partition coefficient (Wildman–Crippen LogP) is 1.84. The van der Waals surface area contributed by atoms with Crippen LogP contribution in [0.15, 0.2) is 48.5 Å². The number of para-hydroxylation sites is 3. The normalized spacial score (nSPS) is 11.0. The second-order valence-corrected chi connectivity index (χ2v) is 6.30. The Morgan fingerprint density at radius 2 is 1.81 bits per heavy atom. The number of anilines is 1. The van der Waals surface area contributed by atoms with Gasteiger partial charge in [0, 0.05) is 0 Å². The van der Waals surface area contributed by atoms with E-state index in [0.717, 1.165) is 16.9 Å². The predicted molar refractivity (Wildman–Crippen MR) is 101 cm³/mol. The highest BCUT2D eigenvalue weighted by Gasteiger charge is 2.16. The topological polar surface area (TPSA) is 93.2 Å². The summed E-state index contributed by atoms with van der Waals surface area (Å²) in [6, 6.07) is 14.4. The quantitative estimate of drug-likeness (QED) is 0.709. The molecule has 0 aliphatic heterocycles. The van der Waals surface area contributed by atoms with Crippen LogP contribution in [-0.4, -0.2) is 40.4 Å². The molecule has 7 heteroatoms. The SMILES string of the molecule is CN(C)Cc1nc2ccccc2n1CC(=O)Nc1ccccc1C(N)=O. The van der Waals surface area contributed by atoms with E-state index in [0.29, 0.717) is 12.2 Å². The summed E-state index contributed by atoms with van der Waals surface area (Å²) in [4.78, 5) is 30.8. The van der Waals surface area contributed by atoms with Gasteiger partial charge >= 0.3 is 0 Å². The number of benzene rings is 2. The van der Waals surface area contributed by atoms with Gasteiger partial charge in [0.15, 0.2) is 0 Å². The molecule has 134 valence electrons. The van der Waals surface area contributed by atoms with Gasteiger partial charge in [0.2, 0.25) is 5.91 Å². The molecule has 0 radical (unpaired) electrons. The Labute approximate surface area is 151 Å². The Morgan fingerprint density at radius 1 is 1.12 bits per heavy atom. The van der Waals surface area contributed by atoms with Gasteiger partial charge in [0.1, 0.15) is 12.4 Å². The van der Waals surface area contributed by atoms with Crippen molar-refractivity contribution in [2.75, 3.05) is 19.4 Å². The van der Waals surface area contributed by atoms with Crippen molar-refractivity contribution >= 4 is 28.5 Å². The van der Waals surface area contributed by atoms with Crippen molar-refractivity contribution in [1.82, 2.24) is 14.5 Å². The van der Waals surface area contributed by atoms with Crippen molar-refractivity contribution in [2.45, 2.75) is 13.1 Å². The highest BCUT2D eigenvalue weighted by molar-refractivity contribution is 6.03. The maximum absolute atomic E-state index is 12.6. The number of nitrogens with one attached hydrogen (secondary N) is 1. The standard InChI is InChI=1S/C19H21N5O2/c1-23(2)11-17-21-15-9-5-6-10-16(15)24(17)12-18(25)22-14-8-4-3-7-13(14)19(20)26/h3-10H,11-12H2,1-2H3,(H2,20,26)(H,22,25). The molecule has 0 aliphatic carbocycles. The molecule has 1 aromatic heterocycles. The zero-order chi connectivity index (χ0) is 18.7. The number of fused-ring (bicyclic) bond motifs is 1. The van der Waals surface area contributed by atoms with Gasteiger partial charge in [-0.05, 0) is 38.4 Å². The van der Waals surface area contributed by atoms with E-state index in [-0.39, 0.29) is 18.0 Å². The van der Waals surface area contributed by atoms with Crippen LogP contribution in [0.25, 0.3) is 11.0 Å². The van der Waals surface area contributed by atoms with Crippen LogP contribution >= 0.6 is 0 Å². The number of amides is 2. The summed E-state index contributed by atoms with van der Waals surface area (Å²) in [6.07, 6.45) is 0. The van der Waals surface area contributed by atoms with Gasteiger partial charge in [-0.3, -0.25) is 9.59 Å². The Hall–Kier alpha value is -3.19. The average Bonchev–Trinajstić information content (AvgIpc) is 2.92. The number of carbonyl (C=O) groups is 2. The van der Waals surface area contributed by atoms with Crippen LogP contribution in [0.5, 0.6) is 0 Å². The number of carbonyl (C=O) groups excluding carboxylic acids is 2. The Balaban J connectivity index is 1.89. The molecule has 2 amide bonds. The molecule has 7 nitrogen and oxygen atoms in total. The molecule has 2 aromatic carbocycles. The lowest BCUT2D eigenvalue weighted by atomic mass is 10.1. The van der Waals surface area contributed by atoms with Crippen LogP contribution in [0.3, 0.4) is 0 Å². The minimum atomic E-state index is -0.581. The number of hydrogen-bond acceptors (Lipinski definition) is 4. The smallest absolute Gasteiger partial charge is 0.250 e. The largest absolute Gasteiger partial charge is 0.366 e. The zero-order valence-electron chi connectivity index (χ0n) is 14.8. The van der Waals surface area contributed by atoms with Crippen LogP contribution in [0.4, 0.5) is 5.69 Å². The van der Waals surface area contributed by atoms with E-state index in [1.165, 1.54) is 0 Å². The molecule has 0 fully saturated rings. The fraction of sp³-hybridized carbons (Fsp3) is 0.211. The number of hydrogen-bond donors (Lipinski definition) is 2. The van der Waals surface area contributed by atoms with Gasteiger partial charge in [0.05, 0.1) is 28.8 Å². The lowest BCUT2D eigenvalue weighted by Gasteiger charge is -2.14. The maximum atomic E-state index is 12.6. The summed E-state index contributed by atoms with van der Waals surface area (Å²) < 4.78 is 1.89. The van der Waals surface area contributed by atoms with Crippen LogP contribution < -0.4 is 11.1 Å². The third kappa shape index (κ3) is 3.73. The molecule has 3 N–H and O–H groups in total. The fourth-order valence-electron chi connectivity index (χ4n) is 2.85. The second kappa shape index (κ2) is 7.37. The lowest BCUT2D eigenvalue weighted by Crippen LogP contribution is -2.24. The fourth-order valence-corrected chi connectivity index (χ4v) is 2.85. The van der Waals surface area contributed by atoms with E-state index in [4.69, 9.17) is 5.73 Å². The first-order chi connectivity index (χ1) is 12.5. The van der Waals surface area contributed by atoms with Gasteiger partial charge in [-0.2, -0.15) is 0 Å². The summed E-state index contributed by atoms with van der Waals surface area (Å²) in [5, 5.41) is 2.77. The molecule has 0 saturated heterocycles. The van der Waals surface area contributed by atoms with Gasteiger partial charge in [-0.1, -0.05) is 24.3 Å². The number of primary amides is 1. The molecule has 26 heavy (non-hydrogen) atoms. The van der Waals surface area contributed by atoms with E-state index in [2.05, 4.69) is 10.3 Å². The number of aromatic nitrogens is 2. The third-order valence-corrected chi connectivity index (χ3v) is 3.96. The molecule has 0 aliphatic rings. The third-order valence-electron chi connectivity index (χ3n) is 3.96. The Kier molecular flexibility index (Phi) is 4.99. The number of imidazole rings is 1. The van der Waals surface area contributed by atoms with E-state index in [1.54, 1.807) is 24.3 Å².